The highest BCUT2D eigenvalue weighted by Gasteiger charge is 2.21. The maximum Gasteiger partial charge on any atom is 0.120 e. The molecule has 0 aromatic heterocycles. The van der Waals surface area contributed by atoms with Crippen molar-refractivity contribution < 1.29 is 0 Å². The van der Waals surface area contributed by atoms with Gasteiger partial charge in [0.05, 0.1) is 6.54 Å². The van der Waals surface area contributed by atoms with E-state index in [0.29, 0.717) is 0 Å². The first kappa shape index (κ1) is 7.45. The van der Waals surface area contributed by atoms with Gasteiger partial charge in [-0.3, -0.25) is 4.99 Å². The quantitative estimate of drug-likeness (QED) is 0.488. The van der Waals surface area contributed by atoms with Crippen molar-refractivity contribution >= 4 is 11.5 Å². The van der Waals surface area contributed by atoms with E-state index < -0.39 is 0 Å². The molecule has 0 radical (unpaired) electrons. The summed E-state index contributed by atoms with van der Waals surface area (Å²) in [5.74, 6) is 0.921. The molecule has 1 aliphatic rings. The summed E-state index contributed by atoms with van der Waals surface area (Å²) in [5, 5.41) is 0. The third-order valence-electron chi connectivity index (χ3n) is 1.62. The number of nitrogens with zero attached hydrogens (tertiary/aromatic N) is 2. The SMILES string of the molecule is CC1=NCC(C(C)(C)C)=N1. The lowest BCUT2D eigenvalue weighted by Crippen LogP contribution is -2.21. The molecule has 1 rings (SSSR count). The molecule has 0 N–H and O–H groups in total. The zero-order chi connectivity index (χ0) is 7.78. The molecule has 0 atom stereocenters. The van der Waals surface area contributed by atoms with E-state index in [2.05, 4.69) is 30.8 Å². The van der Waals surface area contributed by atoms with Gasteiger partial charge >= 0.3 is 0 Å². The van der Waals surface area contributed by atoms with Crippen molar-refractivity contribution in [2.75, 3.05) is 6.54 Å². The van der Waals surface area contributed by atoms with Crippen LogP contribution >= 0.6 is 0 Å². The average molecular weight is 138 g/mol. The molecule has 1 aliphatic heterocycles. The van der Waals surface area contributed by atoms with Crippen molar-refractivity contribution in [1.29, 1.82) is 0 Å². The van der Waals surface area contributed by atoms with Crippen molar-refractivity contribution in [2.24, 2.45) is 15.4 Å². The van der Waals surface area contributed by atoms with Gasteiger partial charge in [-0.1, -0.05) is 20.8 Å². The maximum atomic E-state index is 4.33. The van der Waals surface area contributed by atoms with Crippen LogP contribution in [0.5, 0.6) is 0 Å². The minimum Gasteiger partial charge on any atom is -0.265 e. The fourth-order valence-corrected chi connectivity index (χ4v) is 0.860. The molecular formula is C8H14N2. The van der Waals surface area contributed by atoms with Crippen LogP contribution < -0.4 is 0 Å². The predicted molar refractivity (Wildman–Crippen MR) is 44.9 cm³/mol. The first-order valence-corrected chi connectivity index (χ1v) is 3.59. The van der Waals surface area contributed by atoms with Crippen molar-refractivity contribution in [3.63, 3.8) is 0 Å². The Morgan fingerprint density at radius 1 is 1.30 bits per heavy atom. The van der Waals surface area contributed by atoms with Crippen LogP contribution in [0, 0.1) is 5.41 Å². The molecule has 0 saturated heterocycles. The van der Waals surface area contributed by atoms with Crippen molar-refractivity contribution in [1.82, 2.24) is 0 Å². The van der Waals surface area contributed by atoms with Gasteiger partial charge in [-0.15, -0.1) is 0 Å². The zero-order valence-electron chi connectivity index (χ0n) is 7.10. The Bertz CT molecular complexity index is 194. The van der Waals surface area contributed by atoms with Crippen LogP contribution in [0.1, 0.15) is 27.7 Å². The monoisotopic (exact) mass is 138 g/mol. The Morgan fingerprint density at radius 2 is 1.90 bits per heavy atom. The zero-order valence-corrected chi connectivity index (χ0v) is 7.10. The second kappa shape index (κ2) is 2.19. The number of hydrogen-bond acceptors (Lipinski definition) is 2. The second-order valence-electron chi connectivity index (χ2n) is 3.67. The van der Waals surface area contributed by atoms with E-state index in [1.54, 1.807) is 0 Å². The fraction of sp³-hybridized carbons (Fsp3) is 0.750. The van der Waals surface area contributed by atoms with Gasteiger partial charge in [-0.25, -0.2) is 4.99 Å². The van der Waals surface area contributed by atoms with Crippen LogP contribution in [0.2, 0.25) is 0 Å². The third-order valence-corrected chi connectivity index (χ3v) is 1.62. The van der Waals surface area contributed by atoms with Crippen LogP contribution in [0.15, 0.2) is 9.98 Å². The first-order valence-electron chi connectivity index (χ1n) is 3.59. The van der Waals surface area contributed by atoms with Crippen molar-refractivity contribution in [2.45, 2.75) is 27.7 Å². The highest BCUT2D eigenvalue weighted by Crippen LogP contribution is 2.18. The van der Waals surface area contributed by atoms with E-state index in [4.69, 9.17) is 0 Å². The summed E-state index contributed by atoms with van der Waals surface area (Å²) in [4.78, 5) is 8.52. The molecule has 1 heterocycles. The van der Waals surface area contributed by atoms with Gasteiger partial charge in [0.25, 0.3) is 0 Å². The van der Waals surface area contributed by atoms with Gasteiger partial charge < -0.3 is 0 Å². The highest BCUT2D eigenvalue weighted by molar-refractivity contribution is 6.05. The second-order valence-corrected chi connectivity index (χ2v) is 3.67. The molecule has 0 amide bonds. The Kier molecular flexibility index (Phi) is 1.63. The Labute approximate surface area is 62.1 Å². The smallest absolute Gasteiger partial charge is 0.120 e. The molecule has 0 unspecified atom stereocenters. The lowest BCUT2D eigenvalue weighted by Gasteiger charge is -2.16. The molecule has 2 nitrogen and oxygen atoms in total. The largest absolute Gasteiger partial charge is 0.265 e. The van der Waals surface area contributed by atoms with Crippen LogP contribution in [-0.4, -0.2) is 18.1 Å². The van der Waals surface area contributed by atoms with Crippen molar-refractivity contribution in [3.8, 4) is 0 Å². The number of hydrogen-bond donors (Lipinski definition) is 0. The number of amidine groups is 1. The molecular weight excluding hydrogens is 124 g/mol. The Hall–Kier alpha value is -0.660. The van der Waals surface area contributed by atoms with E-state index in [-0.39, 0.29) is 5.41 Å². The predicted octanol–water partition coefficient (Wildman–Crippen LogP) is 1.91. The van der Waals surface area contributed by atoms with Gasteiger partial charge in [0.15, 0.2) is 0 Å². The van der Waals surface area contributed by atoms with Gasteiger partial charge in [0.1, 0.15) is 5.84 Å². The third kappa shape index (κ3) is 1.43. The van der Waals surface area contributed by atoms with E-state index in [1.165, 1.54) is 5.71 Å². The Balaban J connectivity index is 2.73. The molecule has 0 aromatic carbocycles. The van der Waals surface area contributed by atoms with E-state index >= 15 is 0 Å². The Morgan fingerprint density at radius 3 is 2.10 bits per heavy atom. The maximum absolute atomic E-state index is 4.33. The molecule has 2 heteroatoms. The minimum absolute atomic E-state index is 0.196. The van der Waals surface area contributed by atoms with Gasteiger partial charge in [0.2, 0.25) is 0 Å². The molecule has 0 bridgehead atoms. The summed E-state index contributed by atoms with van der Waals surface area (Å²) in [6, 6.07) is 0. The van der Waals surface area contributed by atoms with Gasteiger partial charge in [0, 0.05) is 11.1 Å². The summed E-state index contributed by atoms with van der Waals surface area (Å²) in [7, 11) is 0. The molecule has 0 aliphatic carbocycles. The number of aliphatic imine (C=N–C) groups is 2. The summed E-state index contributed by atoms with van der Waals surface area (Å²) in [6.45, 7) is 9.24. The lowest BCUT2D eigenvalue weighted by atomic mass is 9.90. The van der Waals surface area contributed by atoms with E-state index in [0.717, 1.165) is 12.4 Å². The molecule has 56 valence electrons. The standard InChI is InChI=1S/C8H14N2/c1-6-9-5-7(10-6)8(2,3)4/h5H2,1-4H3. The topological polar surface area (TPSA) is 24.7 Å². The summed E-state index contributed by atoms with van der Waals surface area (Å²) in [6.07, 6.45) is 0. The normalized spacial score (nSPS) is 18.8. The number of rotatable bonds is 0. The van der Waals surface area contributed by atoms with Crippen molar-refractivity contribution in [3.05, 3.63) is 0 Å². The average Bonchev–Trinajstić information content (AvgIpc) is 2.11. The first-order chi connectivity index (χ1) is 4.50. The minimum atomic E-state index is 0.196. The molecule has 0 saturated carbocycles. The van der Waals surface area contributed by atoms with Crippen LogP contribution in [-0.2, 0) is 0 Å². The summed E-state index contributed by atoms with van der Waals surface area (Å²) in [5.41, 5.74) is 1.39. The fourth-order valence-electron chi connectivity index (χ4n) is 0.860. The highest BCUT2D eigenvalue weighted by atomic mass is 15.0. The van der Waals surface area contributed by atoms with E-state index in [1.807, 2.05) is 6.92 Å². The van der Waals surface area contributed by atoms with Gasteiger partial charge in [-0.05, 0) is 6.92 Å². The van der Waals surface area contributed by atoms with Crippen LogP contribution in [0.3, 0.4) is 0 Å². The molecule has 10 heavy (non-hydrogen) atoms. The van der Waals surface area contributed by atoms with Crippen LogP contribution in [0.4, 0.5) is 0 Å². The molecule has 0 fully saturated rings. The molecule has 0 aromatic rings. The summed E-state index contributed by atoms with van der Waals surface area (Å²) < 4.78 is 0. The van der Waals surface area contributed by atoms with Gasteiger partial charge in [-0.2, -0.15) is 0 Å². The van der Waals surface area contributed by atoms with E-state index in [9.17, 15) is 0 Å². The van der Waals surface area contributed by atoms with Crippen LogP contribution in [0.25, 0.3) is 0 Å². The molecule has 0 spiro atoms. The lowest BCUT2D eigenvalue weighted by molar-refractivity contribution is 0.586. The summed E-state index contributed by atoms with van der Waals surface area (Å²) >= 11 is 0.